The Labute approximate surface area is 117 Å². The van der Waals surface area contributed by atoms with Gasteiger partial charge in [-0.25, -0.2) is 0 Å². The van der Waals surface area contributed by atoms with E-state index in [2.05, 4.69) is 0 Å². The van der Waals surface area contributed by atoms with Gasteiger partial charge in [0.05, 0.1) is 24.0 Å². The molecule has 5 heteroatoms. The van der Waals surface area contributed by atoms with E-state index in [0.717, 1.165) is 0 Å². The van der Waals surface area contributed by atoms with Gasteiger partial charge in [-0.3, -0.25) is 4.79 Å². The van der Waals surface area contributed by atoms with E-state index in [4.69, 9.17) is 10.5 Å². The molecule has 0 radical (unpaired) electrons. The van der Waals surface area contributed by atoms with E-state index in [1.807, 2.05) is 0 Å². The number of ether oxygens (including phenoxy) is 1. The zero-order chi connectivity index (χ0) is 14.7. The van der Waals surface area contributed by atoms with E-state index in [1.54, 1.807) is 37.4 Å². The molecule has 0 aliphatic rings. The number of nitrogen functional groups attached to an aromatic ring is 1. The Morgan fingerprint density at radius 3 is 2.55 bits per heavy atom. The van der Waals surface area contributed by atoms with Crippen molar-refractivity contribution in [2.45, 2.75) is 0 Å². The molecule has 0 aliphatic carbocycles. The van der Waals surface area contributed by atoms with Gasteiger partial charge in [-0.2, -0.15) is 0 Å². The fourth-order valence-corrected chi connectivity index (χ4v) is 1.90. The summed E-state index contributed by atoms with van der Waals surface area (Å²) in [4.78, 5) is 13.8. The molecule has 0 saturated carbocycles. The molecular weight excluding hydrogens is 256 g/mol. The van der Waals surface area contributed by atoms with Crippen LogP contribution in [0.3, 0.4) is 0 Å². The third-order valence-electron chi connectivity index (χ3n) is 3.04. The molecule has 2 aromatic rings. The number of phenolic OH excluding ortho intramolecular Hbond substituents is 1. The normalized spacial score (nSPS) is 10.1. The van der Waals surface area contributed by atoms with E-state index in [-0.39, 0.29) is 17.2 Å². The third-order valence-corrected chi connectivity index (χ3v) is 3.04. The first-order valence-electron chi connectivity index (χ1n) is 6.04. The van der Waals surface area contributed by atoms with Crippen LogP contribution < -0.4 is 15.4 Å². The SMILES string of the molecule is COc1ccc(C(=O)N(C)c2ccccc2N)c(O)c1. The highest BCUT2D eigenvalue weighted by atomic mass is 16.5. The predicted octanol–water partition coefficient (Wildman–Crippen LogP) is 2.26. The molecule has 2 rings (SSSR count). The molecule has 0 aromatic heterocycles. The molecule has 104 valence electrons. The maximum atomic E-state index is 12.4. The number of hydrogen-bond acceptors (Lipinski definition) is 4. The first-order valence-corrected chi connectivity index (χ1v) is 6.04. The summed E-state index contributed by atoms with van der Waals surface area (Å²) < 4.78 is 4.99. The van der Waals surface area contributed by atoms with Gasteiger partial charge in [-0.15, -0.1) is 0 Å². The number of amides is 1. The molecule has 0 aliphatic heterocycles. The van der Waals surface area contributed by atoms with Crippen LogP contribution in [0.2, 0.25) is 0 Å². The smallest absolute Gasteiger partial charge is 0.261 e. The highest BCUT2D eigenvalue weighted by Gasteiger charge is 2.18. The largest absolute Gasteiger partial charge is 0.507 e. The number of rotatable bonds is 3. The minimum absolute atomic E-state index is 0.129. The summed E-state index contributed by atoms with van der Waals surface area (Å²) in [5.74, 6) is 0.0136. The van der Waals surface area contributed by atoms with Crippen LogP contribution in [0, 0.1) is 0 Å². The number of benzene rings is 2. The summed E-state index contributed by atoms with van der Waals surface area (Å²) in [5, 5.41) is 9.90. The second-order valence-electron chi connectivity index (χ2n) is 4.31. The van der Waals surface area contributed by atoms with Crippen molar-refractivity contribution >= 4 is 17.3 Å². The summed E-state index contributed by atoms with van der Waals surface area (Å²) in [7, 11) is 3.10. The molecule has 0 saturated heterocycles. The zero-order valence-electron chi connectivity index (χ0n) is 11.3. The number of hydrogen-bond donors (Lipinski definition) is 2. The third kappa shape index (κ3) is 2.51. The minimum Gasteiger partial charge on any atom is -0.507 e. The maximum Gasteiger partial charge on any atom is 0.261 e. The Kier molecular flexibility index (Phi) is 3.79. The molecule has 0 bridgehead atoms. The van der Waals surface area contributed by atoms with Crippen LogP contribution in [0.4, 0.5) is 11.4 Å². The van der Waals surface area contributed by atoms with Crippen molar-refractivity contribution in [3.05, 3.63) is 48.0 Å². The maximum absolute atomic E-state index is 12.4. The molecule has 2 aromatic carbocycles. The number of aromatic hydroxyl groups is 1. The van der Waals surface area contributed by atoms with Gasteiger partial charge in [0.25, 0.3) is 5.91 Å². The fraction of sp³-hybridized carbons (Fsp3) is 0.133. The van der Waals surface area contributed by atoms with Crippen molar-refractivity contribution in [2.24, 2.45) is 0 Å². The number of anilines is 2. The fourth-order valence-electron chi connectivity index (χ4n) is 1.90. The van der Waals surface area contributed by atoms with Crippen LogP contribution in [0.15, 0.2) is 42.5 Å². The Morgan fingerprint density at radius 2 is 1.95 bits per heavy atom. The van der Waals surface area contributed by atoms with Gasteiger partial charge in [0.2, 0.25) is 0 Å². The molecule has 0 heterocycles. The highest BCUT2D eigenvalue weighted by molar-refractivity contribution is 6.08. The van der Waals surface area contributed by atoms with E-state index >= 15 is 0 Å². The lowest BCUT2D eigenvalue weighted by molar-refractivity contribution is 0.0990. The number of methoxy groups -OCH3 is 1. The average molecular weight is 272 g/mol. The molecule has 0 spiro atoms. The first kappa shape index (κ1) is 13.7. The lowest BCUT2D eigenvalue weighted by atomic mass is 10.1. The van der Waals surface area contributed by atoms with E-state index < -0.39 is 0 Å². The number of nitrogens with zero attached hydrogens (tertiary/aromatic N) is 1. The van der Waals surface area contributed by atoms with Gasteiger partial charge in [0.1, 0.15) is 11.5 Å². The van der Waals surface area contributed by atoms with Gasteiger partial charge >= 0.3 is 0 Å². The number of carbonyl (C=O) groups is 1. The molecule has 0 unspecified atom stereocenters. The first-order chi connectivity index (χ1) is 9.54. The number of carbonyl (C=O) groups excluding carboxylic acids is 1. The quantitative estimate of drug-likeness (QED) is 0.840. The van der Waals surface area contributed by atoms with E-state index in [0.29, 0.717) is 17.1 Å². The van der Waals surface area contributed by atoms with Gasteiger partial charge in [-0.05, 0) is 24.3 Å². The Balaban J connectivity index is 2.34. The lowest BCUT2D eigenvalue weighted by Crippen LogP contribution is -2.27. The van der Waals surface area contributed by atoms with E-state index in [9.17, 15) is 9.90 Å². The van der Waals surface area contributed by atoms with Crippen molar-refractivity contribution < 1.29 is 14.6 Å². The zero-order valence-corrected chi connectivity index (χ0v) is 11.3. The van der Waals surface area contributed by atoms with Gasteiger partial charge in [-0.1, -0.05) is 12.1 Å². The van der Waals surface area contributed by atoms with Crippen LogP contribution in [-0.2, 0) is 0 Å². The Hall–Kier alpha value is -2.69. The number of para-hydroxylation sites is 2. The topological polar surface area (TPSA) is 75.8 Å². The molecule has 0 atom stereocenters. The molecule has 1 amide bonds. The van der Waals surface area contributed by atoms with Crippen LogP contribution in [0.1, 0.15) is 10.4 Å². The van der Waals surface area contributed by atoms with Crippen LogP contribution in [-0.4, -0.2) is 25.2 Å². The average Bonchev–Trinajstić information content (AvgIpc) is 2.46. The lowest BCUT2D eigenvalue weighted by Gasteiger charge is -2.19. The summed E-state index contributed by atoms with van der Waals surface area (Å²) in [5.41, 5.74) is 7.12. The molecule has 0 fully saturated rings. The van der Waals surface area contributed by atoms with Crippen LogP contribution >= 0.6 is 0 Å². The predicted molar refractivity (Wildman–Crippen MR) is 78.2 cm³/mol. The van der Waals surface area contributed by atoms with Gasteiger partial charge in [0.15, 0.2) is 0 Å². The van der Waals surface area contributed by atoms with Crippen LogP contribution in [0.25, 0.3) is 0 Å². The second-order valence-corrected chi connectivity index (χ2v) is 4.31. The van der Waals surface area contributed by atoms with Crippen molar-refractivity contribution in [3.63, 3.8) is 0 Å². The molecule has 20 heavy (non-hydrogen) atoms. The van der Waals surface area contributed by atoms with Crippen molar-refractivity contribution in [1.29, 1.82) is 0 Å². The van der Waals surface area contributed by atoms with Gasteiger partial charge < -0.3 is 20.5 Å². The van der Waals surface area contributed by atoms with Crippen molar-refractivity contribution in [2.75, 3.05) is 24.8 Å². The minimum atomic E-state index is -0.344. The molecule has 3 N–H and O–H groups in total. The molecule has 5 nitrogen and oxygen atoms in total. The summed E-state index contributed by atoms with van der Waals surface area (Å²) in [6, 6.07) is 11.6. The van der Waals surface area contributed by atoms with Gasteiger partial charge in [0, 0.05) is 13.1 Å². The van der Waals surface area contributed by atoms with Crippen molar-refractivity contribution in [1.82, 2.24) is 0 Å². The monoisotopic (exact) mass is 272 g/mol. The number of phenols is 1. The summed E-state index contributed by atoms with van der Waals surface area (Å²) in [6.07, 6.45) is 0. The van der Waals surface area contributed by atoms with E-state index in [1.165, 1.54) is 24.1 Å². The highest BCUT2D eigenvalue weighted by Crippen LogP contribution is 2.28. The summed E-state index contributed by atoms with van der Waals surface area (Å²) in [6.45, 7) is 0. The second kappa shape index (κ2) is 5.52. The number of nitrogens with two attached hydrogens (primary N) is 1. The summed E-state index contributed by atoms with van der Waals surface area (Å²) >= 11 is 0. The Bertz CT molecular complexity index is 641. The molecular formula is C15H16N2O3. The van der Waals surface area contributed by atoms with Crippen LogP contribution in [0.5, 0.6) is 11.5 Å². The Morgan fingerprint density at radius 1 is 1.25 bits per heavy atom. The van der Waals surface area contributed by atoms with Crippen molar-refractivity contribution in [3.8, 4) is 11.5 Å². The standard InChI is InChI=1S/C15H16N2O3/c1-17(13-6-4-3-5-12(13)16)15(19)11-8-7-10(20-2)9-14(11)18/h3-9,18H,16H2,1-2H3.